The highest BCUT2D eigenvalue weighted by molar-refractivity contribution is 5.93. The lowest BCUT2D eigenvalue weighted by molar-refractivity contribution is -0.122. The average Bonchev–Trinajstić information content (AvgIpc) is 3.38. The van der Waals surface area contributed by atoms with Gasteiger partial charge in [0.2, 0.25) is 5.91 Å². The van der Waals surface area contributed by atoms with Crippen LogP contribution in [-0.2, 0) is 4.79 Å². The number of hydrogen-bond acceptors (Lipinski definition) is 3. The minimum Gasteiger partial charge on any atom is -0.355 e. The normalized spacial score (nSPS) is 17.6. The fourth-order valence-electron chi connectivity index (χ4n) is 4.47. The third-order valence-corrected chi connectivity index (χ3v) is 6.25. The van der Waals surface area contributed by atoms with Gasteiger partial charge in [0.05, 0.1) is 11.6 Å². The molecule has 30 heavy (non-hydrogen) atoms. The molecule has 158 valence electrons. The number of carbonyl (C=O) groups is 1. The Hall–Kier alpha value is -2.66. The number of pyridine rings is 1. The second-order valence-corrected chi connectivity index (χ2v) is 8.88. The third-order valence-electron chi connectivity index (χ3n) is 6.25. The number of amides is 1. The molecule has 1 aromatic carbocycles. The lowest BCUT2D eigenvalue weighted by Gasteiger charge is -2.16. The summed E-state index contributed by atoms with van der Waals surface area (Å²) in [7, 11) is 0. The minimum absolute atomic E-state index is 0.105. The van der Waals surface area contributed by atoms with Gasteiger partial charge >= 0.3 is 0 Å². The van der Waals surface area contributed by atoms with Crippen LogP contribution in [0.2, 0.25) is 0 Å². The van der Waals surface area contributed by atoms with E-state index in [0.29, 0.717) is 11.8 Å². The summed E-state index contributed by atoms with van der Waals surface area (Å²) in [4.78, 5) is 20.7. The maximum atomic E-state index is 12.8. The first-order valence-electron chi connectivity index (χ1n) is 11.0. The van der Waals surface area contributed by atoms with Crippen molar-refractivity contribution in [3.63, 3.8) is 0 Å². The van der Waals surface area contributed by atoms with Gasteiger partial charge in [-0.3, -0.25) is 9.78 Å². The zero-order valence-electron chi connectivity index (χ0n) is 18.4. The second kappa shape index (κ2) is 8.60. The fraction of sp³-hybridized carbons (Fsp3) is 0.440. The van der Waals surface area contributed by atoms with Crippen LogP contribution in [0.15, 0.2) is 36.5 Å². The van der Waals surface area contributed by atoms with Crippen LogP contribution in [0.5, 0.6) is 0 Å². The topological polar surface area (TPSA) is 69.8 Å². The van der Waals surface area contributed by atoms with Crippen molar-refractivity contribution >= 4 is 16.8 Å². The molecule has 1 saturated heterocycles. The minimum atomic E-state index is -0.176. The van der Waals surface area contributed by atoms with Crippen LogP contribution < -0.4 is 10.6 Å². The van der Waals surface area contributed by atoms with Crippen LogP contribution in [0.3, 0.4) is 0 Å². The number of nitrogens with zero attached hydrogens (tertiary/aromatic N) is 1. The molecular weight excluding hydrogens is 372 g/mol. The number of carbonyl (C=O) groups excluding carboxylic acids is 1. The van der Waals surface area contributed by atoms with Gasteiger partial charge in [-0.15, -0.1) is 0 Å². The average molecular weight is 405 g/mol. The number of benzene rings is 1. The first kappa shape index (κ1) is 20.6. The Kier molecular flexibility index (Phi) is 5.91. The van der Waals surface area contributed by atoms with Crippen LogP contribution in [0.4, 0.5) is 0 Å². The number of hydrogen-bond donors (Lipinski definition) is 3. The summed E-state index contributed by atoms with van der Waals surface area (Å²) in [5, 5.41) is 7.71. The molecule has 5 heteroatoms. The summed E-state index contributed by atoms with van der Waals surface area (Å²) >= 11 is 0. The molecule has 2 atom stereocenters. The second-order valence-electron chi connectivity index (χ2n) is 8.88. The molecule has 0 aliphatic carbocycles. The Labute approximate surface area is 178 Å². The van der Waals surface area contributed by atoms with E-state index >= 15 is 0 Å². The summed E-state index contributed by atoms with van der Waals surface area (Å²) in [6.07, 6.45) is 3.00. The predicted molar refractivity (Wildman–Crippen MR) is 123 cm³/mol. The number of fused-ring (bicyclic) bond motifs is 1. The lowest BCUT2D eigenvalue weighted by atomic mass is 9.93. The molecule has 3 heterocycles. The van der Waals surface area contributed by atoms with Crippen molar-refractivity contribution in [3.8, 4) is 11.3 Å². The highest BCUT2D eigenvalue weighted by Crippen LogP contribution is 2.36. The van der Waals surface area contributed by atoms with Crippen molar-refractivity contribution < 1.29 is 4.79 Å². The quantitative estimate of drug-likeness (QED) is 0.567. The number of nitrogens with one attached hydrogen (secondary N) is 3. The molecule has 1 fully saturated rings. The van der Waals surface area contributed by atoms with Crippen molar-refractivity contribution in [2.24, 2.45) is 5.92 Å². The first-order chi connectivity index (χ1) is 14.4. The number of rotatable bonds is 6. The SMILES string of the molecule is Cc1cc(-c2[nH]c3ccc(C(C)C(=O)NC[C@H]4CCNC4)cc3c2C(C)C)ccn1. The molecule has 0 radical (unpaired) electrons. The Balaban J connectivity index is 1.64. The highest BCUT2D eigenvalue weighted by Gasteiger charge is 2.21. The third kappa shape index (κ3) is 4.12. The van der Waals surface area contributed by atoms with Gasteiger partial charge in [0.25, 0.3) is 0 Å². The van der Waals surface area contributed by atoms with E-state index in [2.05, 4.69) is 64.8 Å². The summed E-state index contributed by atoms with van der Waals surface area (Å²) in [6, 6.07) is 10.6. The van der Waals surface area contributed by atoms with E-state index in [0.717, 1.165) is 54.1 Å². The molecule has 1 aliphatic rings. The number of H-pyrrole nitrogens is 1. The Morgan fingerprint density at radius 1 is 1.23 bits per heavy atom. The monoisotopic (exact) mass is 404 g/mol. The van der Waals surface area contributed by atoms with Gasteiger partial charge in [0, 0.05) is 34.9 Å². The molecule has 3 aromatic rings. The van der Waals surface area contributed by atoms with E-state index in [9.17, 15) is 4.79 Å². The van der Waals surface area contributed by atoms with Crippen molar-refractivity contribution in [3.05, 3.63) is 53.3 Å². The van der Waals surface area contributed by atoms with Crippen molar-refractivity contribution in [2.75, 3.05) is 19.6 Å². The van der Waals surface area contributed by atoms with Gasteiger partial charge in [0.1, 0.15) is 0 Å². The molecule has 1 aliphatic heterocycles. The Morgan fingerprint density at radius 2 is 2.07 bits per heavy atom. The van der Waals surface area contributed by atoms with Crippen LogP contribution in [0.1, 0.15) is 55.8 Å². The largest absolute Gasteiger partial charge is 0.355 e. The number of aryl methyl sites for hydroxylation is 1. The van der Waals surface area contributed by atoms with Gasteiger partial charge in [-0.25, -0.2) is 0 Å². The molecule has 0 saturated carbocycles. The van der Waals surface area contributed by atoms with E-state index in [1.54, 1.807) is 0 Å². The van der Waals surface area contributed by atoms with Crippen LogP contribution in [0, 0.1) is 12.8 Å². The van der Waals surface area contributed by atoms with Gasteiger partial charge in [0.15, 0.2) is 0 Å². The van der Waals surface area contributed by atoms with Crippen molar-refractivity contribution in [1.29, 1.82) is 0 Å². The van der Waals surface area contributed by atoms with Gasteiger partial charge in [-0.1, -0.05) is 19.9 Å². The Morgan fingerprint density at radius 3 is 2.77 bits per heavy atom. The summed E-state index contributed by atoms with van der Waals surface area (Å²) in [5.41, 5.74) is 6.76. The van der Waals surface area contributed by atoms with Crippen LogP contribution in [-0.4, -0.2) is 35.5 Å². The molecule has 0 bridgehead atoms. The van der Waals surface area contributed by atoms with Gasteiger partial charge < -0.3 is 15.6 Å². The van der Waals surface area contributed by atoms with Gasteiger partial charge in [-0.2, -0.15) is 0 Å². The summed E-state index contributed by atoms with van der Waals surface area (Å²) in [6.45, 7) is 11.3. The maximum Gasteiger partial charge on any atom is 0.227 e. The van der Waals surface area contributed by atoms with Crippen LogP contribution in [0.25, 0.3) is 22.2 Å². The molecule has 2 aromatic heterocycles. The van der Waals surface area contributed by atoms with Crippen molar-refractivity contribution in [2.45, 2.75) is 46.0 Å². The summed E-state index contributed by atoms with van der Waals surface area (Å²) in [5.74, 6) is 0.835. The maximum absolute atomic E-state index is 12.8. The zero-order valence-corrected chi connectivity index (χ0v) is 18.4. The summed E-state index contributed by atoms with van der Waals surface area (Å²) < 4.78 is 0. The lowest BCUT2D eigenvalue weighted by Crippen LogP contribution is -2.33. The van der Waals surface area contributed by atoms with Crippen LogP contribution >= 0.6 is 0 Å². The predicted octanol–water partition coefficient (Wildman–Crippen LogP) is 4.49. The van der Waals surface area contributed by atoms with E-state index in [1.165, 1.54) is 10.9 Å². The fourth-order valence-corrected chi connectivity index (χ4v) is 4.47. The van der Waals surface area contributed by atoms with E-state index in [4.69, 9.17) is 0 Å². The molecular formula is C25H32N4O. The molecule has 1 amide bonds. The molecule has 3 N–H and O–H groups in total. The molecule has 0 spiro atoms. The van der Waals surface area contributed by atoms with E-state index < -0.39 is 0 Å². The Bertz CT molecular complexity index is 1050. The van der Waals surface area contributed by atoms with E-state index in [-0.39, 0.29) is 11.8 Å². The molecule has 5 nitrogen and oxygen atoms in total. The number of aromatic amines is 1. The standard InChI is InChI=1S/C25H32N4O/c1-15(2)23-21-12-19(17(4)25(30)28-14-18-7-9-26-13-18)5-6-22(21)29-24(23)20-8-10-27-16(3)11-20/h5-6,8,10-12,15,17-18,26,29H,7,9,13-14H2,1-4H3,(H,28,30)/t17?,18-/m0/s1. The number of aromatic nitrogens is 2. The first-order valence-corrected chi connectivity index (χ1v) is 11.0. The van der Waals surface area contributed by atoms with Crippen molar-refractivity contribution in [1.82, 2.24) is 20.6 Å². The molecule has 4 rings (SSSR count). The van der Waals surface area contributed by atoms with E-state index in [1.807, 2.05) is 20.0 Å². The zero-order chi connectivity index (χ0) is 21.3. The smallest absolute Gasteiger partial charge is 0.227 e. The highest BCUT2D eigenvalue weighted by atomic mass is 16.1. The molecule has 1 unspecified atom stereocenters. The van der Waals surface area contributed by atoms with Gasteiger partial charge in [-0.05, 0) is 80.6 Å².